The van der Waals surface area contributed by atoms with E-state index >= 15 is 0 Å². The number of carbonyl (C=O) groups excluding carboxylic acids is 1. The Morgan fingerprint density at radius 3 is 2.36 bits per heavy atom. The highest BCUT2D eigenvalue weighted by atomic mass is 35.5. The predicted octanol–water partition coefficient (Wildman–Crippen LogP) is 3.52. The van der Waals surface area contributed by atoms with Gasteiger partial charge in [0.2, 0.25) is 15.9 Å². The second-order valence-electron chi connectivity index (χ2n) is 6.35. The summed E-state index contributed by atoms with van der Waals surface area (Å²) in [6.07, 6.45) is 2.26. The van der Waals surface area contributed by atoms with Crippen LogP contribution in [-0.4, -0.2) is 33.2 Å². The number of sulfonamides is 1. The molecule has 0 saturated heterocycles. The molecule has 0 aliphatic carbocycles. The number of hydrogen-bond acceptors (Lipinski definition) is 3. The Balaban J connectivity index is 2.01. The number of benzene rings is 2. The van der Waals surface area contributed by atoms with Crippen LogP contribution in [0.2, 0.25) is 5.02 Å². The number of nitrogens with zero attached hydrogens (tertiary/aromatic N) is 1. The van der Waals surface area contributed by atoms with E-state index in [1.807, 2.05) is 12.1 Å². The minimum Gasteiger partial charge on any atom is -0.354 e. The Labute approximate surface area is 168 Å². The van der Waals surface area contributed by atoms with Crippen molar-refractivity contribution in [3.63, 3.8) is 0 Å². The number of nitrogens with one attached hydrogen (secondary N) is 1. The second kappa shape index (κ2) is 9.34. The first-order valence-electron chi connectivity index (χ1n) is 8.56. The first-order chi connectivity index (χ1) is 13.1. The zero-order valence-electron chi connectivity index (χ0n) is 15.5. The Morgan fingerprint density at radius 1 is 1.14 bits per heavy atom. The zero-order chi connectivity index (χ0) is 20.9. The van der Waals surface area contributed by atoms with Gasteiger partial charge in [0.15, 0.2) is 11.6 Å². The number of carbonyl (C=O) groups is 1. The Kier molecular flexibility index (Phi) is 7.37. The molecule has 0 spiro atoms. The predicted molar refractivity (Wildman–Crippen MR) is 106 cm³/mol. The molecule has 1 unspecified atom stereocenters. The van der Waals surface area contributed by atoms with E-state index in [0.29, 0.717) is 24.4 Å². The quantitative estimate of drug-likeness (QED) is 0.651. The molecule has 0 aliphatic heterocycles. The van der Waals surface area contributed by atoms with Gasteiger partial charge in [0.25, 0.3) is 0 Å². The first kappa shape index (κ1) is 22.1. The lowest BCUT2D eigenvalue weighted by Crippen LogP contribution is -2.48. The molecule has 0 fully saturated rings. The lowest BCUT2D eigenvalue weighted by Gasteiger charge is -2.28. The molecule has 1 amide bonds. The van der Waals surface area contributed by atoms with E-state index in [9.17, 15) is 22.0 Å². The van der Waals surface area contributed by atoms with E-state index < -0.39 is 33.6 Å². The third kappa shape index (κ3) is 5.90. The summed E-state index contributed by atoms with van der Waals surface area (Å²) in [4.78, 5) is 12.4. The van der Waals surface area contributed by atoms with E-state index in [-0.39, 0.29) is 5.69 Å². The van der Waals surface area contributed by atoms with E-state index in [1.54, 1.807) is 12.1 Å². The molecule has 5 nitrogen and oxygen atoms in total. The molecule has 0 aliphatic rings. The van der Waals surface area contributed by atoms with Crippen LogP contribution in [0.4, 0.5) is 14.5 Å². The fourth-order valence-corrected chi connectivity index (χ4v) is 4.03. The van der Waals surface area contributed by atoms with Crippen LogP contribution < -0.4 is 9.62 Å². The number of halogens is 3. The normalized spacial score (nSPS) is 12.5. The van der Waals surface area contributed by atoms with Crippen LogP contribution in [-0.2, 0) is 21.2 Å². The summed E-state index contributed by atoms with van der Waals surface area (Å²) in [7, 11) is -3.90. The molecule has 1 N–H and O–H groups in total. The van der Waals surface area contributed by atoms with Gasteiger partial charge in [-0.15, -0.1) is 0 Å². The van der Waals surface area contributed by atoms with Gasteiger partial charge in [0, 0.05) is 17.6 Å². The van der Waals surface area contributed by atoms with E-state index in [0.717, 1.165) is 34.3 Å². The molecule has 2 aromatic rings. The highest BCUT2D eigenvalue weighted by Gasteiger charge is 2.29. The third-order valence-electron chi connectivity index (χ3n) is 4.10. The van der Waals surface area contributed by atoms with Crippen LogP contribution in [0.5, 0.6) is 0 Å². The highest BCUT2D eigenvalue weighted by Crippen LogP contribution is 2.23. The SMILES string of the molecule is CC(C(=O)NCCCc1ccc(Cl)cc1)N(c1ccc(F)c(F)c1)S(C)(=O)=O. The average molecular weight is 431 g/mol. The smallest absolute Gasteiger partial charge is 0.243 e. The van der Waals surface area contributed by atoms with Crippen molar-refractivity contribution >= 4 is 33.2 Å². The maximum Gasteiger partial charge on any atom is 0.243 e. The number of anilines is 1. The van der Waals surface area contributed by atoms with Crippen molar-refractivity contribution in [3.8, 4) is 0 Å². The van der Waals surface area contributed by atoms with E-state index in [4.69, 9.17) is 11.6 Å². The summed E-state index contributed by atoms with van der Waals surface area (Å²) in [6, 6.07) is 8.90. The first-order valence-corrected chi connectivity index (χ1v) is 10.8. The molecule has 0 saturated carbocycles. The minimum atomic E-state index is -3.90. The summed E-state index contributed by atoms with van der Waals surface area (Å²) in [5.41, 5.74) is 0.941. The summed E-state index contributed by atoms with van der Waals surface area (Å²) in [5.74, 6) is -2.83. The third-order valence-corrected chi connectivity index (χ3v) is 5.59. The largest absolute Gasteiger partial charge is 0.354 e. The number of amides is 1. The summed E-state index contributed by atoms with van der Waals surface area (Å²) < 4.78 is 51.7. The Morgan fingerprint density at radius 2 is 1.79 bits per heavy atom. The standard InChI is InChI=1S/C19H21ClF2N2O3S/c1-13(19(25)23-11-3-4-14-5-7-15(20)8-6-14)24(28(2,26)27)16-9-10-17(21)18(22)12-16/h5-10,12-13H,3-4,11H2,1-2H3,(H,23,25). The van der Waals surface area contributed by atoms with Gasteiger partial charge in [-0.3, -0.25) is 9.10 Å². The van der Waals surface area contributed by atoms with Crippen molar-refractivity contribution in [2.75, 3.05) is 17.1 Å². The van der Waals surface area contributed by atoms with Crippen LogP contribution in [0.1, 0.15) is 18.9 Å². The highest BCUT2D eigenvalue weighted by molar-refractivity contribution is 7.92. The molecule has 28 heavy (non-hydrogen) atoms. The van der Waals surface area contributed by atoms with Gasteiger partial charge < -0.3 is 5.32 Å². The maximum atomic E-state index is 13.5. The second-order valence-corrected chi connectivity index (χ2v) is 8.65. The van der Waals surface area contributed by atoms with Crippen LogP contribution in [0, 0.1) is 11.6 Å². The average Bonchev–Trinajstić information content (AvgIpc) is 2.62. The van der Waals surface area contributed by atoms with Gasteiger partial charge in [-0.1, -0.05) is 23.7 Å². The van der Waals surface area contributed by atoms with Gasteiger partial charge in [0.1, 0.15) is 6.04 Å². The minimum absolute atomic E-state index is 0.120. The molecule has 152 valence electrons. The molecule has 2 aromatic carbocycles. The zero-order valence-corrected chi connectivity index (χ0v) is 17.0. The van der Waals surface area contributed by atoms with Crippen molar-refractivity contribution in [2.45, 2.75) is 25.8 Å². The summed E-state index contributed by atoms with van der Waals surface area (Å²) in [5, 5.41) is 3.32. The maximum absolute atomic E-state index is 13.5. The Hall–Kier alpha value is -2.19. The van der Waals surface area contributed by atoms with Crippen LogP contribution in [0.3, 0.4) is 0 Å². The van der Waals surface area contributed by atoms with E-state index in [2.05, 4.69) is 5.32 Å². The van der Waals surface area contributed by atoms with Gasteiger partial charge in [-0.05, 0) is 49.6 Å². The molecular weight excluding hydrogens is 410 g/mol. The van der Waals surface area contributed by atoms with Crippen molar-refractivity contribution in [1.29, 1.82) is 0 Å². The molecule has 9 heteroatoms. The number of aryl methyl sites for hydroxylation is 1. The fraction of sp³-hybridized carbons (Fsp3) is 0.316. The van der Waals surface area contributed by atoms with Crippen LogP contribution >= 0.6 is 11.6 Å². The molecular formula is C19H21ClF2N2O3S. The van der Waals surface area contributed by atoms with Crippen molar-refractivity contribution < 1.29 is 22.0 Å². The van der Waals surface area contributed by atoms with Gasteiger partial charge >= 0.3 is 0 Å². The Bertz CT molecular complexity index is 937. The monoisotopic (exact) mass is 430 g/mol. The van der Waals surface area contributed by atoms with Crippen molar-refractivity contribution in [1.82, 2.24) is 5.32 Å². The molecule has 0 heterocycles. The molecule has 0 aromatic heterocycles. The van der Waals surface area contributed by atoms with Gasteiger partial charge in [-0.2, -0.15) is 0 Å². The lowest BCUT2D eigenvalue weighted by atomic mass is 10.1. The lowest BCUT2D eigenvalue weighted by molar-refractivity contribution is -0.121. The van der Waals surface area contributed by atoms with Crippen molar-refractivity contribution in [2.24, 2.45) is 0 Å². The molecule has 2 rings (SSSR count). The molecule has 0 radical (unpaired) electrons. The topological polar surface area (TPSA) is 66.5 Å². The number of hydrogen-bond donors (Lipinski definition) is 1. The van der Waals surface area contributed by atoms with Gasteiger partial charge in [-0.25, -0.2) is 17.2 Å². The summed E-state index contributed by atoms with van der Waals surface area (Å²) >= 11 is 5.83. The molecule has 1 atom stereocenters. The van der Waals surface area contributed by atoms with Crippen LogP contribution in [0.25, 0.3) is 0 Å². The van der Waals surface area contributed by atoms with Crippen LogP contribution in [0.15, 0.2) is 42.5 Å². The fourth-order valence-electron chi connectivity index (χ4n) is 2.73. The van der Waals surface area contributed by atoms with Crippen molar-refractivity contribution in [3.05, 3.63) is 64.7 Å². The van der Waals surface area contributed by atoms with Gasteiger partial charge in [0.05, 0.1) is 11.9 Å². The summed E-state index contributed by atoms with van der Waals surface area (Å²) in [6.45, 7) is 1.72. The molecule has 0 bridgehead atoms. The van der Waals surface area contributed by atoms with E-state index in [1.165, 1.54) is 6.92 Å². The number of rotatable bonds is 8.